The second kappa shape index (κ2) is 8.16. The number of carbonyl (C=O) groups excluding carboxylic acids is 3. The number of nitrogens with one attached hydrogen (secondary N) is 2. The fourth-order valence-electron chi connectivity index (χ4n) is 1.99. The average molecular weight is 362 g/mol. The normalized spacial score (nSPS) is 10.0. The third-order valence-electron chi connectivity index (χ3n) is 3.27. The quantitative estimate of drug-likeness (QED) is 0.438. The lowest BCUT2D eigenvalue weighted by Gasteiger charge is -2.11. The Bertz CT molecular complexity index is 806. The highest BCUT2D eigenvalue weighted by Crippen LogP contribution is 2.20. The summed E-state index contributed by atoms with van der Waals surface area (Å²) in [6.07, 6.45) is 0. The molecule has 0 unspecified atom stereocenters. The zero-order valence-electron chi connectivity index (χ0n) is 13.3. The van der Waals surface area contributed by atoms with Gasteiger partial charge in [-0.3, -0.25) is 9.59 Å². The standard InChI is InChI=1S/C17H16ClN3O4/c1-25-17(24)13-8-12(19)6-7-14(13)21-16(23)15(22)20-9-10-2-4-11(18)5-3-10/h2-8H,9,19H2,1H3,(H,20,22)(H,21,23). The van der Waals surface area contributed by atoms with E-state index >= 15 is 0 Å². The van der Waals surface area contributed by atoms with Crippen molar-refractivity contribution in [2.75, 3.05) is 18.2 Å². The van der Waals surface area contributed by atoms with E-state index in [9.17, 15) is 14.4 Å². The van der Waals surface area contributed by atoms with Crippen molar-refractivity contribution in [1.29, 1.82) is 0 Å². The van der Waals surface area contributed by atoms with Crippen LogP contribution in [0.15, 0.2) is 42.5 Å². The van der Waals surface area contributed by atoms with E-state index < -0.39 is 17.8 Å². The highest BCUT2D eigenvalue weighted by atomic mass is 35.5. The Morgan fingerprint density at radius 2 is 1.76 bits per heavy atom. The number of methoxy groups -OCH3 is 1. The minimum atomic E-state index is -0.913. The van der Waals surface area contributed by atoms with Crippen molar-refractivity contribution < 1.29 is 19.1 Å². The number of nitrogen functional groups attached to an aromatic ring is 1. The van der Waals surface area contributed by atoms with Gasteiger partial charge in [0.25, 0.3) is 0 Å². The second-order valence-electron chi connectivity index (χ2n) is 5.06. The topological polar surface area (TPSA) is 111 Å². The van der Waals surface area contributed by atoms with Crippen LogP contribution in [-0.4, -0.2) is 24.9 Å². The predicted octanol–water partition coefficient (Wildman–Crippen LogP) is 1.96. The lowest BCUT2D eigenvalue weighted by molar-refractivity contribution is -0.136. The van der Waals surface area contributed by atoms with Crippen LogP contribution in [-0.2, 0) is 20.9 Å². The molecular weight excluding hydrogens is 346 g/mol. The highest BCUT2D eigenvalue weighted by molar-refractivity contribution is 6.40. The molecule has 25 heavy (non-hydrogen) atoms. The van der Waals surface area contributed by atoms with Gasteiger partial charge >= 0.3 is 17.8 Å². The number of esters is 1. The number of nitrogens with two attached hydrogens (primary N) is 1. The molecule has 0 atom stereocenters. The monoisotopic (exact) mass is 361 g/mol. The number of amides is 2. The summed E-state index contributed by atoms with van der Waals surface area (Å²) in [7, 11) is 1.20. The molecule has 0 aliphatic carbocycles. The van der Waals surface area contributed by atoms with E-state index in [1.165, 1.54) is 25.3 Å². The maximum Gasteiger partial charge on any atom is 0.340 e. The second-order valence-corrected chi connectivity index (χ2v) is 5.50. The number of hydrogen-bond acceptors (Lipinski definition) is 5. The average Bonchev–Trinajstić information content (AvgIpc) is 2.61. The molecule has 0 bridgehead atoms. The van der Waals surface area contributed by atoms with Gasteiger partial charge in [0.2, 0.25) is 0 Å². The molecule has 0 heterocycles. The van der Waals surface area contributed by atoms with Gasteiger partial charge in [-0.15, -0.1) is 0 Å². The van der Waals surface area contributed by atoms with E-state index in [1.54, 1.807) is 24.3 Å². The summed E-state index contributed by atoms with van der Waals surface area (Å²) in [5.41, 5.74) is 6.92. The van der Waals surface area contributed by atoms with Crippen LogP contribution in [0.2, 0.25) is 5.02 Å². The van der Waals surface area contributed by atoms with Crippen molar-refractivity contribution in [1.82, 2.24) is 5.32 Å². The molecule has 0 fully saturated rings. The number of halogens is 1. The minimum absolute atomic E-state index is 0.0568. The summed E-state index contributed by atoms with van der Waals surface area (Å²) in [4.78, 5) is 35.7. The number of anilines is 2. The summed E-state index contributed by atoms with van der Waals surface area (Å²) < 4.78 is 4.63. The van der Waals surface area contributed by atoms with Crippen LogP contribution >= 0.6 is 11.6 Å². The fourth-order valence-corrected chi connectivity index (χ4v) is 2.12. The van der Waals surface area contributed by atoms with Crippen LogP contribution < -0.4 is 16.4 Å². The SMILES string of the molecule is COC(=O)c1cc(N)ccc1NC(=O)C(=O)NCc1ccc(Cl)cc1. The van der Waals surface area contributed by atoms with Gasteiger partial charge < -0.3 is 21.1 Å². The lowest BCUT2D eigenvalue weighted by Crippen LogP contribution is -2.35. The van der Waals surface area contributed by atoms with E-state index in [0.717, 1.165) is 5.56 Å². The molecule has 0 aliphatic rings. The molecule has 7 nitrogen and oxygen atoms in total. The molecule has 0 spiro atoms. The van der Waals surface area contributed by atoms with E-state index in [1.807, 2.05) is 0 Å². The third-order valence-corrected chi connectivity index (χ3v) is 3.52. The Labute approximate surface area is 149 Å². The molecule has 2 amide bonds. The molecule has 0 saturated carbocycles. The van der Waals surface area contributed by atoms with Gasteiger partial charge in [-0.25, -0.2) is 4.79 Å². The van der Waals surface area contributed by atoms with Gasteiger partial charge in [0, 0.05) is 17.3 Å². The molecular formula is C17H16ClN3O4. The van der Waals surface area contributed by atoms with E-state index in [-0.39, 0.29) is 17.8 Å². The molecule has 0 aromatic heterocycles. The Kier molecular flexibility index (Phi) is 5.97. The van der Waals surface area contributed by atoms with E-state index in [0.29, 0.717) is 10.7 Å². The first kappa shape index (κ1) is 18.3. The first-order valence-corrected chi connectivity index (χ1v) is 7.60. The fraction of sp³-hybridized carbons (Fsp3) is 0.118. The number of ether oxygens (including phenoxy) is 1. The molecule has 0 saturated heterocycles. The first-order chi connectivity index (χ1) is 11.9. The molecule has 0 radical (unpaired) electrons. The third kappa shape index (κ3) is 4.95. The molecule has 2 rings (SSSR count). The van der Waals surface area contributed by atoms with Gasteiger partial charge in [0.05, 0.1) is 18.4 Å². The summed E-state index contributed by atoms with van der Waals surface area (Å²) in [5, 5.41) is 5.42. The minimum Gasteiger partial charge on any atom is -0.465 e. The van der Waals surface area contributed by atoms with Gasteiger partial charge in [0.1, 0.15) is 0 Å². The van der Waals surface area contributed by atoms with Crippen LogP contribution in [0.1, 0.15) is 15.9 Å². The smallest absolute Gasteiger partial charge is 0.340 e. The number of benzene rings is 2. The van der Waals surface area contributed by atoms with Crippen LogP contribution in [0.4, 0.5) is 11.4 Å². The highest BCUT2D eigenvalue weighted by Gasteiger charge is 2.18. The first-order valence-electron chi connectivity index (χ1n) is 7.22. The van der Waals surface area contributed by atoms with Gasteiger partial charge in [-0.2, -0.15) is 0 Å². The maximum atomic E-state index is 12.0. The Balaban J connectivity index is 2.02. The molecule has 2 aromatic rings. The van der Waals surface area contributed by atoms with Crippen molar-refractivity contribution in [3.63, 3.8) is 0 Å². The van der Waals surface area contributed by atoms with Crippen LogP contribution in [0, 0.1) is 0 Å². The maximum absolute atomic E-state index is 12.0. The van der Waals surface area contributed by atoms with Gasteiger partial charge in [-0.1, -0.05) is 23.7 Å². The van der Waals surface area contributed by atoms with Crippen molar-refractivity contribution >= 4 is 40.8 Å². The molecule has 0 aliphatic heterocycles. The van der Waals surface area contributed by atoms with Gasteiger partial charge in [0.15, 0.2) is 0 Å². The zero-order chi connectivity index (χ0) is 18.4. The van der Waals surface area contributed by atoms with E-state index in [4.69, 9.17) is 17.3 Å². The van der Waals surface area contributed by atoms with Crippen LogP contribution in [0.25, 0.3) is 0 Å². The summed E-state index contributed by atoms with van der Waals surface area (Å²) in [6, 6.07) is 11.1. The van der Waals surface area contributed by atoms with Crippen LogP contribution in [0.3, 0.4) is 0 Å². The Morgan fingerprint density at radius 3 is 2.40 bits per heavy atom. The van der Waals surface area contributed by atoms with E-state index in [2.05, 4.69) is 15.4 Å². The Hall–Kier alpha value is -3.06. The zero-order valence-corrected chi connectivity index (χ0v) is 14.1. The molecule has 4 N–H and O–H groups in total. The molecule has 130 valence electrons. The van der Waals surface area contributed by atoms with Crippen molar-refractivity contribution in [3.8, 4) is 0 Å². The lowest BCUT2D eigenvalue weighted by atomic mass is 10.1. The predicted molar refractivity (Wildman–Crippen MR) is 94.1 cm³/mol. The molecule has 8 heteroatoms. The van der Waals surface area contributed by atoms with Crippen molar-refractivity contribution in [3.05, 3.63) is 58.6 Å². The summed E-state index contributed by atoms with van der Waals surface area (Å²) >= 11 is 5.78. The number of carbonyl (C=O) groups is 3. The summed E-state index contributed by atoms with van der Waals surface area (Å²) in [6.45, 7) is 0.162. The number of rotatable bonds is 4. The summed E-state index contributed by atoms with van der Waals surface area (Å²) in [5.74, 6) is -2.43. The van der Waals surface area contributed by atoms with Gasteiger partial charge in [-0.05, 0) is 35.9 Å². The van der Waals surface area contributed by atoms with Crippen molar-refractivity contribution in [2.45, 2.75) is 6.54 Å². The van der Waals surface area contributed by atoms with Crippen molar-refractivity contribution in [2.24, 2.45) is 0 Å². The number of hydrogen-bond donors (Lipinski definition) is 3. The molecule has 2 aromatic carbocycles. The Morgan fingerprint density at radius 1 is 1.08 bits per heavy atom. The largest absolute Gasteiger partial charge is 0.465 e. The van der Waals surface area contributed by atoms with Crippen LogP contribution in [0.5, 0.6) is 0 Å².